The number of thioether (sulfide) groups is 1. The molecule has 0 aromatic heterocycles. The molecule has 4 rings (SSSR count). The van der Waals surface area contributed by atoms with Crippen molar-refractivity contribution in [2.45, 2.75) is 49.9 Å². The highest BCUT2D eigenvalue weighted by Crippen LogP contribution is 2.54. The molecule has 146 valence electrons. The summed E-state index contributed by atoms with van der Waals surface area (Å²) >= 11 is 1.71. The van der Waals surface area contributed by atoms with E-state index in [1.165, 1.54) is 5.56 Å². The molecule has 5 heteroatoms. The molecular formula is C23H26N2O2S. The first-order valence-corrected chi connectivity index (χ1v) is 10.7. The van der Waals surface area contributed by atoms with Crippen molar-refractivity contribution >= 4 is 29.3 Å². The third-order valence-electron chi connectivity index (χ3n) is 5.67. The second-order valence-corrected chi connectivity index (χ2v) is 9.85. The molecule has 2 aliphatic heterocycles. The van der Waals surface area contributed by atoms with Crippen LogP contribution < -0.4 is 5.32 Å². The average Bonchev–Trinajstić information content (AvgIpc) is 3.22. The lowest BCUT2D eigenvalue weighted by Crippen LogP contribution is -2.48. The van der Waals surface area contributed by atoms with E-state index in [9.17, 15) is 9.59 Å². The van der Waals surface area contributed by atoms with Crippen molar-refractivity contribution in [3.8, 4) is 0 Å². The molecule has 2 aromatic carbocycles. The Morgan fingerprint density at radius 3 is 2.43 bits per heavy atom. The summed E-state index contributed by atoms with van der Waals surface area (Å²) in [4.78, 5) is 27.1. The van der Waals surface area contributed by atoms with Crippen molar-refractivity contribution < 1.29 is 9.59 Å². The molecule has 2 fully saturated rings. The maximum atomic E-state index is 13.0. The first kappa shape index (κ1) is 19.1. The lowest BCUT2D eigenvalue weighted by Gasteiger charge is -2.34. The van der Waals surface area contributed by atoms with Gasteiger partial charge in [0.1, 0.15) is 10.9 Å². The first-order valence-electron chi connectivity index (χ1n) is 9.74. The Hall–Kier alpha value is -2.27. The zero-order valence-corrected chi connectivity index (χ0v) is 17.4. The monoisotopic (exact) mass is 394 g/mol. The Balaban J connectivity index is 1.55. The molecule has 2 heterocycles. The van der Waals surface area contributed by atoms with Gasteiger partial charge in [0.05, 0.1) is 0 Å². The van der Waals surface area contributed by atoms with E-state index < -0.39 is 10.9 Å². The third kappa shape index (κ3) is 3.22. The molecule has 0 spiro atoms. The van der Waals surface area contributed by atoms with Crippen molar-refractivity contribution in [3.63, 3.8) is 0 Å². The van der Waals surface area contributed by atoms with Crippen LogP contribution >= 0.6 is 11.8 Å². The molecule has 2 aromatic rings. The van der Waals surface area contributed by atoms with Crippen molar-refractivity contribution in [2.75, 3.05) is 11.1 Å². The standard InChI is InChI=1S/C23H26N2O2S/c1-22(2,3)16-9-11-18(12-10-16)24-21(27)19-15-28-23(14-13-20(26)25(19)23)17-7-5-4-6-8-17/h4-12,19H,13-15H2,1-3H3,(H,24,27)/t19-,23-/m0/s1. The Morgan fingerprint density at radius 1 is 1.11 bits per heavy atom. The van der Waals surface area contributed by atoms with Crippen LogP contribution in [0.25, 0.3) is 0 Å². The number of benzene rings is 2. The summed E-state index contributed by atoms with van der Waals surface area (Å²) in [5.74, 6) is 0.577. The SMILES string of the molecule is CC(C)(C)c1ccc(NC(=O)[C@@H]2CS[C@]3(c4ccccc4)CCC(=O)N23)cc1. The van der Waals surface area contributed by atoms with E-state index in [0.29, 0.717) is 12.2 Å². The summed E-state index contributed by atoms with van der Waals surface area (Å²) in [5, 5.41) is 3.02. The van der Waals surface area contributed by atoms with Crippen LogP contribution in [0.4, 0.5) is 5.69 Å². The molecule has 2 aliphatic rings. The minimum atomic E-state index is -0.442. The minimum absolute atomic E-state index is 0.0667. The normalized spacial score (nSPS) is 24.3. The number of nitrogens with one attached hydrogen (secondary N) is 1. The predicted octanol–water partition coefficient (Wildman–Crippen LogP) is 4.51. The van der Waals surface area contributed by atoms with Crippen LogP contribution in [-0.4, -0.2) is 28.5 Å². The number of amides is 2. The van der Waals surface area contributed by atoms with Crippen molar-refractivity contribution in [1.82, 2.24) is 4.90 Å². The second-order valence-electron chi connectivity index (χ2n) is 8.56. The lowest BCUT2D eigenvalue weighted by molar-refractivity contribution is -0.136. The van der Waals surface area contributed by atoms with Gasteiger partial charge in [0.2, 0.25) is 11.8 Å². The maximum absolute atomic E-state index is 13.0. The van der Waals surface area contributed by atoms with Crippen molar-refractivity contribution in [2.24, 2.45) is 0 Å². The van der Waals surface area contributed by atoms with Gasteiger partial charge >= 0.3 is 0 Å². The van der Waals surface area contributed by atoms with Crippen LogP contribution in [0.1, 0.15) is 44.7 Å². The molecule has 0 unspecified atom stereocenters. The molecule has 4 nitrogen and oxygen atoms in total. The number of carbonyl (C=O) groups is 2. The molecule has 28 heavy (non-hydrogen) atoms. The van der Waals surface area contributed by atoms with Gasteiger partial charge in [-0.05, 0) is 35.1 Å². The number of rotatable bonds is 3. The number of hydrogen-bond acceptors (Lipinski definition) is 3. The molecule has 1 N–H and O–H groups in total. The third-order valence-corrected chi connectivity index (χ3v) is 7.27. The van der Waals surface area contributed by atoms with Crippen LogP contribution in [0.2, 0.25) is 0 Å². The van der Waals surface area contributed by atoms with Crippen LogP contribution in [0.3, 0.4) is 0 Å². The fourth-order valence-corrected chi connectivity index (χ4v) is 5.77. The highest BCUT2D eigenvalue weighted by atomic mass is 32.2. The molecule has 2 amide bonds. The van der Waals surface area contributed by atoms with E-state index in [1.54, 1.807) is 11.8 Å². The Kier molecular flexibility index (Phi) is 4.74. The Morgan fingerprint density at radius 2 is 1.79 bits per heavy atom. The second kappa shape index (κ2) is 6.96. The van der Waals surface area contributed by atoms with Gasteiger partial charge in [-0.1, -0.05) is 63.2 Å². The Labute approximate surface area is 170 Å². The minimum Gasteiger partial charge on any atom is -0.324 e. The number of fused-ring (bicyclic) bond motifs is 1. The van der Waals surface area contributed by atoms with E-state index >= 15 is 0 Å². The predicted molar refractivity (Wildman–Crippen MR) is 114 cm³/mol. The fraction of sp³-hybridized carbons (Fsp3) is 0.391. The lowest BCUT2D eigenvalue weighted by atomic mass is 9.87. The van der Waals surface area contributed by atoms with Gasteiger partial charge in [-0.2, -0.15) is 0 Å². The number of nitrogens with zero attached hydrogens (tertiary/aromatic N) is 1. The summed E-state index contributed by atoms with van der Waals surface area (Å²) in [6, 6.07) is 17.6. The number of carbonyl (C=O) groups excluding carboxylic acids is 2. The topological polar surface area (TPSA) is 49.4 Å². The molecule has 2 saturated heterocycles. The summed E-state index contributed by atoms with van der Waals surface area (Å²) in [7, 11) is 0. The van der Waals surface area contributed by atoms with Gasteiger partial charge in [-0.3, -0.25) is 9.59 Å². The quantitative estimate of drug-likeness (QED) is 0.833. The van der Waals surface area contributed by atoms with Gasteiger partial charge in [0.25, 0.3) is 0 Å². The van der Waals surface area contributed by atoms with Crippen LogP contribution in [0, 0.1) is 0 Å². The van der Waals surface area contributed by atoms with Crippen molar-refractivity contribution in [1.29, 1.82) is 0 Å². The zero-order chi connectivity index (χ0) is 19.9. The molecule has 2 atom stereocenters. The molecule has 0 radical (unpaired) electrons. The van der Waals surface area contributed by atoms with Gasteiger partial charge in [0.15, 0.2) is 0 Å². The van der Waals surface area contributed by atoms with Gasteiger partial charge < -0.3 is 10.2 Å². The zero-order valence-electron chi connectivity index (χ0n) is 16.6. The summed E-state index contributed by atoms with van der Waals surface area (Å²) in [6.45, 7) is 6.50. The fourth-order valence-electron chi connectivity index (χ4n) is 4.11. The first-order chi connectivity index (χ1) is 13.3. The smallest absolute Gasteiger partial charge is 0.248 e. The van der Waals surface area contributed by atoms with E-state index in [0.717, 1.165) is 17.7 Å². The van der Waals surface area contributed by atoms with E-state index in [1.807, 2.05) is 47.4 Å². The van der Waals surface area contributed by atoms with Crippen LogP contribution in [0.15, 0.2) is 54.6 Å². The van der Waals surface area contributed by atoms with Crippen LogP contribution in [0.5, 0.6) is 0 Å². The van der Waals surface area contributed by atoms with E-state index in [4.69, 9.17) is 0 Å². The highest BCUT2D eigenvalue weighted by Gasteiger charge is 2.56. The maximum Gasteiger partial charge on any atom is 0.248 e. The molecule has 0 saturated carbocycles. The van der Waals surface area contributed by atoms with Gasteiger partial charge in [-0.25, -0.2) is 0 Å². The summed E-state index contributed by atoms with van der Waals surface area (Å²) in [5.41, 5.74) is 3.17. The van der Waals surface area contributed by atoms with Gasteiger partial charge in [-0.15, -0.1) is 11.8 Å². The Bertz CT molecular complexity index is 889. The molecule has 0 aliphatic carbocycles. The van der Waals surface area contributed by atoms with Crippen LogP contribution in [-0.2, 0) is 19.9 Å². The molecule has 0 bridgehead atoms. The number of anilines is 1. The number of hydrogen-bond donors (Lipinski definition) is 1. The summed E-state index contributed by atoms with van der Waals surface area (Å²) < 4.78 is 0. The van der Waals surface area contributed by atoms with E-state index in [2.05, 4.69) is 38.2 Å². The highest BCUT2D eigenvalue weighted by molar-refractivity contribution is 8.00. The average molecular weight is 395 g/mol. The van der Waals surface area contributed by atoms with Gasteiger partial charge in [0, 0.05) is 17.9 Å². The summed E-state index contributed by atoms with van der Waals surface area (Å²) in [6.07, 6.45) is 1.25. The van der Waals surface area contributed by atoms with E-state index in [-0.39, 0.29) is 17.2 Å². The largest absolute Gasteiger partial charge is 0.324 e. The molecular weight excluding hydrogens is 368 g/mol. The van der Waals surface area contributed by atoms with Crippen molar-refractivity contribution in [3.05, 3.63) is 65.7 Å².